The third kappa shape index (κ3) is 2.84. The number of nitrogens with zero attached hydrogens (tertiary/aromatic N) is 1. The van der Waals surface area contributed by atoms with Crippen molar-refractivity contribution in [3.05, 3.63) is 50.1 Å². The van der Waals surface area contributed by atoms with Gasteiger partial charge in [0.05, 0.1) is 10.9 Å². The molecule has 2 fully saturated rings. The van der Waals surface area contributed by atoms with Gasteiger partial charge in [0.15, 0.2) is 0 Å². The predicted octanol–water partition coefficient (Wildman–Crippen LogP) is 4.46. The van der Waals surface area contributed by atoms with Gasteiger partial charge in [0.25, 0.3) is 0 Å². The molecule has 4 atom stereocenters. The molecule has 1 aromatic carbocycles. The molecule has 5 rings (SSSR count). The molecule has 1 saturated heterocycles. The summed E-state index contributed by atoms with van der Waals surface area (Å²) in [5.74, 6) is -0.301. The number of thiophene rings is 1. The Kier molecular flexibility index (Phi) is 4.89. The molecule has 0 radical (unpaired) electrons. The number of hydrogen-bond donors (Lipinski definition) is 2. The minimum atomic E-state index is -0.965. The van der Waals surface area contributed by atoms with E-state index in [0.29, 0.717) is 16.0 Å². The van der Waals surface area contributed by atoms with Gasteiger partial charge in [0, 0.05) is 52.1 Å². The van der Waals surface area contributed by atoms with Crippen LogP contribution in [-0.2, 0) is 15.1 Å². The lowest BCUT2D eigenvalue weighted by Gasteiger charge is -2.39. The summed E-state index contributed by atoms with van der Waals surface area (Å²) >= 11 is 14.1. The molecule has 3 aliphatic rings. The summed E-state index contributed by atoms with van der Waals surface area (Å²) in [6.07, 6.45) is 2.32. The van der Waals surface area contributed by atoms with E-state index in [1.165, 1.54) is 11.3 Å². The molecule has 0 bridgehead atoms. The second-order valence-corrected chi connectivity index (χ2v) is 10.3. The first-order valence-corrected chi connectivity index (χ1v) is 11.8. The minimum Gasteiger partial charge on any atom is -0.359 e. The Morgan fingerprint density at radius 3 is 2.70 bits per heavy atom. The highest BCUT2D eigenvalue weighted by Crippen LogP contribution is 2.61. The first-order valence-electron chi connectivity index (χ1n) is 10.2. The van der Waals surface area contributed by atoms with E-state index in [1.807, 2.05) is 23.6 Å². The number of rotatable bonds is 4. The van der Waals surface area contributed by atoms with Crippen LogP contribution in [0, 0.1) is 11.8 Å². The van der Waals surface area contributed by atoms with E-state index in [2.05, 4.69) is 22.5 Å². The highest BCUT2D eigenvalue weighted by Gasteiger charge is 2.67. The number of anilines is 1. The Labute approximate surface area is 189 Å². The zero-order chi connectivity index (χ0) is 21.2. The largest absolute Gasteiger partial charge is 0.359 e. The third-order valence-electron chi connectivity index (χ3n) is 6.86. The number of benzene rings is 1. The van der Waals surface area contributed by atoms with E-state index in [-0.39, 0.29) is 29.7 Å². The molecule has 8 heteroatoms. The van der Waals surface area contributed by atoms with Crippen LogP contribution in [0.1, 0.15) is 36.1 Å². The maximum atomic E-state index is 13.8. The van der Waals surface area contributed by atoms with Gasteiger partial charge in [-0.25, -0.2) is 0 Å². The summed E-state index contributed by atoms with van der Waals surface area (Å²) < 4.78 is 0. The van der Waals surface area contributed by atoms with Crippen molar-refractivity contribution in [3.8, 4) is 0 Å². The molecule has 2 aromatic rings. The standard InChI is InChI=1S/C22H23Cl2N3O2S/c1-11-18(20(28)25-2)19(17-8-14(24)10-30-17)22(27(11)9-12-3-4-12)15-6-5-13(23)7-16(15)26-21(22)29/h5-8,10-12,18-19H,3-4,9H2,1-2H3,(H,25,28)(H,26,29)/t11-,18+,19-,22+/m0/s1. The second-order valence-electron chi connectivity index (χ2n) is 8.53. The summed E-state index contributed by atoms with van der Waals surface area (Å²) in [7, 11) is 1.66. The van der Waals surface area contributed by atoms with E-state index in [1.54, 1.807) is 13.1 Å². The van der Waals surface area contributed by atoms with E-state index in [4.69, 9.17) is 23.2 Å². The van der Waals surface area contributed by atoms with E-state index < -0.39 is 5.54 Å². The van der Waals surface area contributed by atoms with Gasteiger partial charge in [-0.3, -0.25) is 14.5 Å². The summed E-state index contributed by atoms with van der Waals surface area (Å²) in [5, 5.41) is 8.99. The van der Waals surface area contributed by atoms with Crippen LogP contribution in [0.2, 0.25) is 10.0 Å². The van der Waals surface area contributed by atoms with Gasteiger partial charge in [-0.05, 0) is 43.9 Å². The molecule has 0 unspecified atom stereocenters. The molecule has 1 aliphatic carbocycles. The van der Waals surface area contributed by atoms with E-state index >= 15 is 0 Å². The number of nitrogens with one attached hydrogen (secondary N) is 2. The second kappa shape index (κ2) is 7.23. The topological polar surface area (TPSA) is 61.4 Å². The van der Waals surface area contributed by atoms with Crippen molar-refractivity contribution in [3.63, 3.8) is 0 Å². The Balaban J connectivity index is 1.77. The molecule has 2 N–H and O–H groups in total. The van der Waals surface area contributed by atoms with Gasteiger partial charge in [0.1, 0.15) is 5.54 Å². The van der Waals surface area contributed by atoms with Crippen molar-refractivity contribution in [2.75, 3.05) is 18.9 Å². The first kappa shape index (κ1) is 20.3. The van der Waals surface area contributed by atoms with Crippen molar-refractivity contribution >= 4 is 52.0 Å². The fourth-order valence-electron chi connectivity index (χ4n) is 5.42. The summed E-state index contributed by atoms with van der Waals surface area (Å²) in [5.41, 5.74) is 0.656. The lowest BCUT2D eigenvalue weighted by atomic mass is 9.73. The molecule has 158 valence electrons. The summed E-state index contributed by atoms with van der Waals surface area (Å²) in [6.45, 7) is 2.86. The number of amides is 2. The van der Waals surface area contributed by atoms with Crippen LogP contribution in [0.25, 0.3) is 0 Å². The molecule has 2 aliphatic heterocycles. The predicted molar refractivity (Wildman–Crippen MR) is 120 cm³/mol. The van der Waals surface area contributed by atoms with E-state index in [0.717, 1.165) is 35.5 Å². The van der Waals surface area contributed by atoms with Crippen LogP contribution < -0.4 is 10.6 Å². The smallest absolute Gasteiger partial charge is 0.250 e. The molecule has 1 spiro atoms. The van der Waals surface area contributed by atoms with Crippen LogP contribution in [0.3, 0.4) is 0 Å². The van der Waals surface area contributed by atoms with Crippen LogP contribution in [0.15, 0.2) is 29.6 Å². The molecule has 1 aromatic heterocycles. The normalized spacial score (nSPS) is 30.5. The average Bonchev–Trinajstić information content (AvgIpc) is 3.29. The molecule has 30 heavy (non-hydrogen) atoms. The van der Waals surface area contributed by atoms with Crippen molar-refractivity contribution < 1.29 is 9.59 Å². The van der Waals surface area contributed by atoms with Gasteiger partial charge >= 0.3 is 0 Å². The molecular formula is C22H23Cl2N3O2S. The van der Waals surface area contributed by atoms with Crippen molar-refractivity contribution in [1.29, 1.82) is 0 Å². The molecule has 1 saturated carbocycles. The van der Waals surface area contributed by atoms with Crippen molar-refractivity contribution in [2.24, 2.45) is 11.8 Å². The van der Waals surface area contributed by atoms with Gasteiger partial charge in [-0.15, -0.1) is 11.3 Å². The summed E-state index contributed by atoms with van der Waals surface area (Å²) in [4.78, 5) is 30.2. The van der Waals surface area contributed by atoms with Crippen molar-refractivity contribution in [1.82, 2.24) is 10.2 Å². The van der Waals surface area contributed by atoms with Crippen LogP contribution in [-0.4, -0.2) is 36.3 Å². The van der Waals surface area contributed by atoms with Gasteiger partial charge in [-0.2, -0.15) is 0 Å². The Morgan fingerprint density at radius 1 is 1.30 bits per heavy atom. The van der Waals surface area contributed by atoms with Crippen LogP contribution in [0.5, 0.6) is 0 Å². The zero-order valence-corrected chi connectivity index (χ0v) is 19.1. The fraction of sp³-hybridized carbons (Fsp3) is 0.455. The van der Waals surface area contributed by atoms with Crippen molar-refractivity contribution in [2.45, 2.75) is 37.3 Å². The average molecular weight is 464 g/mol. The third-order valence-corrected chi connectivity index (χ3v) is 8.45. The van der Waals surface area contributed by atoms with Gasteiger partial charge in [-0.1, -0.05) is 29.3 Å². The Hall–Kier alpha value is -1.60. The molecule has 2 amide bonds. The first-order chi connectivity index (χ1) is 14.4. The molecule has 3 heterocycles. The number of halogens is 2. The lowest BCUT2D eigenvalue weighted by molar-refractivity contribution is -0.127. The number of carbonyl (C=O) groups is 2. The zero-order valence-electron chi connectivity index (χ0n) is 16.7. The summed E-state index contributed by atoms with van der Waals surface area (Å²) in [6, 6.07) is 7.37. The molecular weight excluding hydrogens is 441 g/mol. The fourth-order valence-corrected chi connectivity index (χ4v) is 6.88. The quantitative estimate of drug-likeness (QED) is 0.703. The SMILES string of the molecule is CNC(=O)[C@@H]1[C@H](C)N(CC2CC2)[C@@]2(C(=O)Nc3cc(Cl)ccc32)[C@H]1c1cc(Cl)cs1. The lowest BCUT2D eigenvalue weighted by Crippen LogP contribution is -2.52. The van der Waals surface area contributed by atoms with E-state index in [9.17, 15) is 9.59 Å². The van der Waals surface area contributed by atoms with Gasteiger partial charge < -0.3 is 10.6 Å². The highest BCUT2D eigenvalue weighted by molar-refractivity contribution is 7.10. The maximum absolute atomic E-state index is 13.8. The van der Waals surface area contributed by atoms with Crippen LogP contribution >= 0.6 is 34.5 Å². The number of fused-ring (bicyclic) bond motifs is 2. The Morgan fingerprint density at radius 2 is 2.07 bits per heavy atom. The highest BCUT2D eigenvalue weighted by atomic mass is 35.5. The van der Waals surface area contributed by atoms with Crippen LogP contribution in [0.4, 0.5) is 5.69 Å². The monoisotopic (exact) mass is 463 g/mol. The van der Waals surface area contributed by atoms with Gasteiger partial charge in [0.2, 0.25) is 11.8 Å². The number of carbonyl (C=O) groups excluding carboxylic acids is 2. The minimum absolute atomic E-state index is 0.0510. The maximum Gasteiger partial charge on any atom is 0.250 e. The molecule has 5 nitrogen and oxygen atoms in total. The Bertz CT molecular complexity index is 1040. The number of likely N-dealkylation sites (tertiary alicyclic amines) is 1. The number of hydrogen-bond acceptors (Lipinski definition) is 4.